The molecule has 1 N–H and O–H groups in total. The van der Waals surface area contributed by atoms with E-state index in [1.54, 1.807) is 30.5 Å². The highest BCUT2D eigenvalue weighted by Gasteiger charge is 2.16. The maximum absolute atomic E-state index is 11.4. The first-order valence-corrected chi connectivity index (χ1v) is 5.22. The van der Waals surface area contributed by atoms with Crippen LogP contribution in [-0.2, 0) is 4.74 Å². The van der Waals surface area contributed by atoms with E-state index in [9.17, 15) is 14.7 Å². The van der Waals surface area contributed by atoms with E-state index in [2.05, 4.69) is 4.74 Å². The molecule has 1 aromatic carbocycles. The fourth-order valence-electron chi connectivity index (χ4n) is 1.71. The standard InChI is InChI=1S/C13H11NO4/c1-18-13(17)10-5-2-6-11(12(10)16)14-7-3-4-9(14)8-15/h2-8,16H,1H3. The van der Waals surface area contributed by atoms with Crippen molar-refractivity contribution in [2.45, 2.75) is 0 Å². The molecule has 0 atom stereocenters. The zero-order valence-corrected chi connectivity index (χ0v) is 9.66. The van der Waals surface area contributed by atoms with Crippen LogP contribution in [0.1, 0.15) is 20.8 Å². The summed E-state index contributed by atoms with van der Waals surface area (Å²) in [5.74, 6) is -0.849. The van der Waals surface area contributed by atoms with Gasteiger partial charge in [0.15, 0.2) is 12.0 Å². The quantitative estimate of drug-likeness (QED) is 0.661. The fraction of sp³-hybridized carbons (Fsp3) is 0.0769. The Bertz CT molecular complexity index is 601. The van der Waals surface area contributed by atoms with Crippen molar-refractivity contribution in [3.8, 4) is 11.4 Å². The molecule has 0 aliphatic rings. The number of hydrogen-bond acceptors (Lipinski definition) is 4. The molecule has 5 heteroatoms. The van der Waals surface area contributed by atoms with Gasteiger partial charge in [0, 0.05) is 6.20 Å². The predicted octanol–water partition coefficient (Wildman–Crippen LogP) is 1.78. The number of rotatable bonds is 3. The molecule has 1 heterocycles. The number of aromatic nitrogens is 1. The molecule has 2 aromatic rings. The van der Waals surface area contributed by atoms with Gasteiger partial charge in [-0.05, 0) is 24.3 Å². The number of para-hydroxylation sites is 1. The van der Waals surface area contributed by atoms with Crippen molar-refractivity contribution in [3.05, 3.63) is 47.8 Å². The monoisotopic (exact) mass is 245 g/mol. The minimum absolute atomic E-state index is 0.0561. The number of phenolic OH excluding ortho intramolecular Hbond substituents is 1. The van der Waals surface area contributed by atoms with Gasteiger partial charge in [-0.25, -0.2) is 4.79 Å². The van der Waals surface area contributed by atoms with E-state index in [1.165, 1.54) is 17.7 Å². The first-order valence-electron chi connectivity index (χ1n) is 5.22. The van der Waals surface area contributed by atoms with Gasteiger partial charge in [-0.2, -0.15) is 0 Å². The predicted molar refractivity (Wildman–Crippen MR) is 64.2 cm³/mol. The van der Waals surface area contributed by atoms with Crippen LogP contribution < -0.4 is 0 Å². The molecule has 92 valence electrons. The van der Waals surface area contributed by atoms with E-state index in [4.69, 9.17) is 0 Å². The van der Waals surface area contributed by atoms with Gasteiger partial charge >= 0.3 is 5.97 Å². The van der Waals surface area contributed by atoms with E-state index >= 15 is 0 Å². The Morgan fingerprint density at radius 3 is 2.78 bits per heavy atom. The maximum atomic E-state index is 11.4. The van der Waals surface area contributed by atoms with Gasteiger partial charge < -0.3 is 14.4 Å². The fourth-order valence-corrected chi connectivity index (χ4v) is 1.71. The van der Waals surface area contributed by atoms with Crippen molar-refractivity contribution in [2.75, 3.05) is 7.11 Å². The molecule has 18 heavy (non-hydrogen) atoms. The molecule has 0 spiro atoms. The molecule has 0 saturated carbocycles. The number of nitrogens with zero attached hydrogens (tertiary/aromatic N) is 1. The van der Waals surface area contributed by atoms with Crippen molar-refractivity contribution in [2.24, 2.45) is 0 Å². The summed E-state index contributed by atoms with van der Waals surface area (Å²) in [7, 11) is 1.24. The third-order valence-corrected chi connectivity index (χ3v) is 2.58. The summed E-state index contributed by atoms with van der Waals surface area (Å²) in [5.41, 5.74) is 0.790. The number of phenols is 1. The Balaban J connectivity index is 2.59. The van der Waals surface area contributed by atoms with E-state index < -0.39 is 5.97 Å². The molecule has 0 fully saturated rings. The molecule has 0 aliphatic carbocycles. The Morgan fingerprint density at radius 1 is 1.33 bits per heavy atom. The minimum atomic E-state index is -0.630. The van der Waals surface area contributed by atoms with Gasteiger partial charge in [0.25, 0.3) is 0 Å². The molecule has 5 nitrogen and oxygen atoms in total. The van der Waals surface area contributed by atoms with Gasteiger partial charge in [0.2, 0.25) is 0 Å². The van der Waals surface area contributed by atoms with Crippen LogP contribution in [0, 0.1) is 0 Å². The molecular weight excluding hydrogens is 234 g/mol. The van der Waals surface area contributed by atoms with Crippen LogP contribution in [0.3, 0.4) is 0 Å². The normalized spacial score (nSPS) is 10.1. The largest absolute Gasteiger partial charge is 0.505 e. The molecular formula is C13H11NO4. The number of carbonyl (C=O) groups is 2. The lowest BCUT2D eigenvalue weighted by molar-refractivity contribution is 0.0597. The first kappa shape index (κ1) is 11.9. The van der Waals surface area contributed by atoms with Crippen LogP contribution >= 0.6 is 0 Å². The van der Waals surface area contributed by atoms with Crippen molar-refractivity contribution in [1.82, 2.24) is 4.57 Å². The topological polar surface area (TPSA) is 68.5 Å². The number of aromatic hydroxyl groups is 1. The highest BCUT2D eigenvalue weighted by atomic mass is 16.5. The van der Waals surface area contributed by atoms with Crippen molar-refractivity contribution < 1.29 is 19.4 Å². The average Bonchev–Trinajstić information content (AvgIpc) is 2.86. The highest BCUT2D eigenvalue weighted by molar-refractivity contribution is 5.93. The number of methoxy groups -OCH3 is 1. The number of ether oxygens (including phenoxy) is 1. The summed E-state index contributed by atoms with van der Waals surface area (Å²) >= 11 is 0. The van der Waals surface area contributed by atoms with E-state index in [1.807, 2.05) is 0 Å². The lowest BCUT2D eigenvalue weighted by Gasteiger charge is -2.10. The smallest absolute Gasteiger partial charge is 0.341 e. The van der Waals surface area contributed by atoms with Crippen molar-refractivity contribution in [3.63, 3.8) is 0 Å². The maximum Gasteiger partial charge on any atom is 0.341 e. The number of esters is 1. The van der Waals surface area contributed by atoms with Gasteiger partial charge in [-0.15, -0.1) is 0 Å². The first-order chi connectivity index (χ1) is 8.69. The Hall–Kier alpha value is -2.56. The summed E-state index contributed by atoms with van der Waals surface area (Å²) in [5, 5.41) is 10.0. The zero-order valence-electron chi connectivity index (χ0n) is 9.66. The van der Waals surface area contributed by atoms with E-state index in [0.717, 1.165) is 0 Å². The number of benzene rings is 1. The SMILES string of the molecule is COC(=O)c1cccc(-n2cccc2C=O)c1O. The van der Waals surface area contributed by atoms with Crippen LogP contribution in [0.2, 0.25) is 0 Å². The number of hydrogen-bond donors (Lipinski definition) is 1. The van der Waals surface area contributed by atoms with Crippen LogP contribution in [-0.4, -0.2) is 29.0 Å². The third kappa shape index (κ3) is 1.86. The average molecular weight is 245 g/mol. The minimum Gasteiger partial charge on any atom is -0.505 e. The van der Waals surface area contributed by atoms with Crippen LogP contribution in [0.15, 0.2) is 36.5 Å². The van der Waals surface area contributed by atoms with Crippen LogP contribution in [0.4, 0.5) is 0 Å². The summed E-state index contributed by atoms with van der Waals surface area (Å²) in [4.78, 5) is 22.3. The second kappa shape index (κ2) is 4.75. The van der Waals surface area contributed by atoms with Crippen molar-refractivity contribution in [1.29, 1.82) is 0 Å². The molecule has 0 radical (unpaired) electrons. The summed E-state index contributed by atoms with van der Waals surface area (Å²) in [6.45, 7) is 0. The van der Waals surface area contributed by atoms with Crippen LogP contribution in [0.25, 0.3) is 5.69 Å². The Labute approximate surface area is 103 Å². The Kier molecular flexibility index (Phi) is 3.14. The molecule has 0 saturated heterocycles. The Morgan fingerprint density at radius 2 is 2.11 bits per heavy atom. The van der Waals surface area contributed by atoms with E-state index in [0.29, 0.717) is 17.7 Å². The molecule has 0 unspecified atom stereocenters. The summed E-state index contributed by atoms with van der Waals surface area (Å²) in [6.07, 6.45) is 2.30. The molecule has 2 rings (SSSR count). The number of carbonyl (C=O) groups excluding carboxylic acids is 2. The third-order valence-electron chi connectivity index (χ3n) is 2.58. The van der Waals surface area contributed by atoms with Gasteiger partial charge in [-0.3, -0.25) is 4.79 Å². The summed E-state index contributed by atoms with van der Waals surface area (Å²) in [6, 6.07) is 7.95. The van der Waals surface area contributed by atoms with Gasteiger partial charge in [0.05, 0.1) is 18.5 Å². The van der Waals surface area contributed by atoms with Gasteiger partial charge in [0.1, 0.15) is 5.56 Å². The van der Waals surface area contributed by atoms with Crippen LogP contribution in [0.5, 0.6) is 5.75 Å². The molecule has 0 amide bonds. The lowest BCUT2D eigenvalue weighted by atomic mass is 10.1. The summed E-state index contributed by atoms with van der Waals surface area (Å²) < 4.78 is 6.06. The number of aldehydes is 1. The molecule has 0 aliphatic heterocycles. The van der Waals surface area contributed by atoms with Gasteiger partial charge in [-0.1, -0.05) is 6.07 Å². The molecule has 0 bridgehead atoms. The lowest BCUT2D eigenvalue weighted by Crippen LogP contribution is -2.05. The second-order valence-corrected chi connectivity index (χ2v) is 3.59. The second-order valence-electron chi connectivity index (χ2n) is 3.59. The molecule has 1 aromatic heterocycles. The zero-order chi connectivity index (χ0) is 13.1. The highest BCUT2D eigenvalue weighted by Crippen LogP contribution is 2.27. The van der Waals surface area contributed by atoms with E-state index in [-0.39, 0.29) is 11.3 Å². The van der Waals surface area contributed by atoms with Crippen molar-refractivity contribution >= 4 is 12.3 Å².